The van der Waals surface area contributed by atoms with Crippen LogP contribution in [0.1, 0.15) is 12.0 Å². The van der Waals surface area contributed by atoms with Gasteiger partial charge in [0.05, 0.1) is 11.3 Å². The van der Waals surface area contributed by atoms with E-state index in [1.165, 1.54) is 12.1 Å². The molecular weight excluding hydrogens is 352 g/mol. The van der Waals surface area contributed by atoms with Crippen molar-refractivity contribution in [2.45, 2.75) is 18.9 Å². The second-order valence-electron chi connectivity index (χ2n) is 5.86. The lowest BCUT2D eigenvalue weighted by Crippen LogP contribution is -2.40. The lowest BCUT2D eigenvalue weighted by atomic mass is 10.1. The van der Waals surface area contributed by atoms with E-state index in [9.17, 15) is 24.8 Å². The summed E-state index contributed by atoms with van der Waals surface area (Å²) in [5.74, 6) is -1.73. The molecule has 5 N–H and O–H groups in total. The van der Waals surface area contributed by atoms with Gasteiger partial charge in [0.1, 0.15) is 11.7 Å². The van der Waals surface area contributed by atoms with Gasteiger partial charge in [0.25, 0.3) is 5.69 Å². The van der Waals surface area contributed by atoms with Crippen LogP contribution in [0.15, 0.2) is 48.5 Å². The number of rotatable bonds is 9. The Bertz CT molecular complexity index is 826. The zero-order valence-electron chi connectivity index (χ0n) is 14.4. The number of nitrogens with one attached hydrogen (secondary N) is 2. The molecule has 0 saturated carbocycles. The molecule has 0 radical (unpaired) electrons. The van der Waals surface area contributed by atoms with Gasteiger partial charge in [-0.25, -0.2) is 0 Å². The number of hydrogen-bond acceptors (Lipinski definition) is 6. The zero-order chi connectivity index (χ0) is 19.8. The fourth-order valence-corrected chi connectivity index (χ4v) is 2.46. The van der Waals surface area contributed by atoms with Crippen molar-refractivity contribution in [3.05, 3.63) is 64.2 Å². The normalized spacial score (nSPS) is 11.6. The van der Waals surface area contributed by atoms with Crippen LogP contribution in [0.3, 0.4) is 0 Å². The number of benzene rings is 2. The van der Waals surface area contributed by atoms with E-state index in [1.807, 2.05) is 30.3 Å². The monoisotopic (exact) mass is 372 g/mol. The molecule has 0 heterocycles. The summed E-state index contributed by atoms with van der Waals surface area (Å²) in [6.45, 7) is 0.390. The topological polar surface area (TPSA) is 148 Å². The van der Waals surface area contributed by atoms with E-state index in [0.29, 0.717) is 13.0 Å². The van der Waals surface area contributed by atoms with Crippen LogP contribution in [-0.2, 0) is 16.0 Å². The molecule has 0 unspecified atom stereocenters. The number of nitrogens with zero attached hydrogens (tertiary/aromatic N) is 1. The largest absolute Gasteiger partial charge is 0.480 e. The molecule has 0 fully saturated rings. The highest BCUT2D eigenvalue weighted by molar-refractivity contribution is 5.94. The number of aliphatic carboxylic acids is 1. The van der Waals surface area contributed by atoms with Crippen molar-refractivity contribution in [3.63, 3.8) is 0 Å². The van der Waals surface area contributed by atoms with Gasteiger partial charge in [0.2, 0.25) is 5.91 Å². The van der Waals surface area contributed by atoms with Crippen molar-refractivity contribution in [2.24, 2.45) is 0 Å². The molecule has 0 aliphatic rings. The Morgan fingerprint density at radius 1 is 1.19 bits per heavy atom. The van der Waals surface area contributed by atoms with Gasteiger partial charge in [-0.15, -0.1) is 0 Å². The fourth-order valence-electron chi connectivity index (χ4n) is 2.46. The molecule has 9 heteroatoms. The number of hydrogen-bond donors (Lipinski definition) is 4. The van der Waals surface area contributed by atoms with Crippen LogP contribution in [-0.4, -0.2) is 34.5 Å². The quantitative estimate of drug-likeness (QED) is 0.298. The van der Waals surface area contributed by atoms with Crippen molar-refractivity contribution < 1.29 is 19.6 Å². The first-order valence-corrected chi connectivity index (χ1v) is 8.20. The first-order chi connectivity index (χ1) is 12.9. The lowest BCUT2D eigenvalue weighted by Gasteiger charge is -2.14. The average Bonchev–Trinajstić information content (AvgIpc) is 2.63. The molecule has 0 saturated heterocycles. The smallest absolute Gasteiger partial charge is 0.321 e. The van der Waals surface area contributed by atoms with Crippen LogP contribution >= 0.6 is 0 Å². The van der Waals surface area contributed by atoms with E-state index in [4.69, 9.17) is 5.73 Å². The summed E-state index contributed by atoms with van der Waals surface area (Å²) in [4.78, 5) is 33.7. The highest BCUT2D eigenvalue weighted by Crippen LogP contribution is 2.25. The summed E-state index contributed by atoms with van der Waals surface area (Å²) in [7, 11) is 0. The Morgan fingerprint density at radius 2 is 1.89 bits per heavy atom. The van der Waals surface area contributed by atoms with Crippen molar-refractivity contribution in [3.8, 4) is 0 Å². The van der Waals surface area contributed by atoms with E-state index < -0.39 is 22.8 Å². The second-order valence-corrected chi connectivity index (χ2v) is 5.86. The number of amides is 1. The number of carbonyl (C=O) groups is 2. The molecule has 142 valence electrons. The molecule has 0 aliphatic heterocycles. The zero-order valence-corrected chi connectivity index (χ0v) is 14.4. The van der Waals surface area contributed by atoms with E-state index in [2.05, 4.69) is 10.6 Å². The Kier molecular flexibility index (Phi) is 6.84. The van der Waals surface area contributed by atoms with Crippen molar-refractivity contribution in [1.82, 2.24) is 5.32 Å². The van der Waals surface area contributed by atoms with Gasteiger partial charge in [0.15, 0.2) is 0 Å². The minimum absolute atomic E-state index is 0.0241. The molecule has 9 nitrogen and oxygen atoms in total. The number of carboxylic acids is 1. The molecule has 27 heavy (non-hydrogen) atoms. The third-order valence-corrected chi connectivity index (χ3v) is 3.85. The van der Waals surface area contributed by atoms with Crippen LogP contribution in [0.2, 0.25) is 0 Å². The summed E-state index contributed by atoms with van der Waals surface area (Å²) in [5, 5.41) is 25.5. The molecule has 1 atom stereocenters. The third-order valence-electron chi connectivity index (χ3n) is 3.85. The predicted molar refractivity (Wildman–Crippen MR) is 100 cm³/mol. The van der Waals surface area contributed by atoms with Crippen LogP contribution in [0.25, 0.3) is 0 Å². The average molecular weight is 372 g/mol. The Labute approximate surface area is 155 Å². The number of carbonyl (C=O) groups excluding carboxylic acids is 1. The summed E-state index contributed by atoms with van der Waals surface area (Å²) < 4.78 is 0. The fraction of sp³-hybridized carbons (Fsp3) is 0.222. The molecular formula is C18H20N4O5. The van der Waals surface area contributed by atoms with Gasteiger partial charge >= 0.3 is 5.97 Å². The maximum absolute atomic E-state index is 12.1. The minimum atomic E-state index is -1.15. The predicted octanol–water partition coefficient (Wildman–Crippen LogP) is 1.79. The number of carboxylic acid groups (broad SMARTS) is 1. The van der Waals surface area contributed by atoms with Crippen molar-refractivity contribution in [2.75, 3.05) is 17.6 Å². The molecule has 0 aromatic heterocycles. The number of nitrogen functional groups attached to an aromatic ring is 1. The SMILES string of the molecule is Nc1ccc(NC(=O)C[C@H](NCCc2ccccc2)C(=O)O)cc1[N+](=O)[O-]. The molecule has 2 rings (SSSR count). The molecule has 0 bridgehead atoms. The van der Waals surface area contributed by atoms with E-state index in [-0.39, 0.29) is 23.5 Å². The molecule has 2 aromatic rings. The molecule has 0 aliphatic carbocycles. The molecule has 2 aromatic carbocycles. The minimum Gasteiger partial charge on any atom is -0.480 e. The molecule has 0 spiro atoms. The van der Waals surface area contributed by atoms with Gasteiger partial charge in [-0.05, 0) is 30.7 Å². The first kappa shape index (κ1) is 19.9. The standard InChI is InChI=1S/C18H20N4O5/c19-14-7-6-13(10-16(14)22(26)27)21-17(23)11-15(18(24)25)20-9-8-12-4-2-1-3-5-12/h1-7,10,15,20H,8-9,11,19H2,(H,21,23)(H,24,25)/t15-/m0/s1. The summed E-state index contributed by atoms with van der Waals surface area (Å²) in [6, 6.07) is 12.3. The van der Waals surface area contributed by atoms with Gasteiger partial charge in [-0.1, -0.05) is 30.3 Å². The Hall–Kier alpha value is -3.46. The summed E-state index contributed by atoms with van der Waals surface area (Å²) >= 11 is 0. The van der Waals surface area contributed by atoms with Crippen LogP contribution in [0.4, 0.5) is 17.1 Å². The Balaban J connectivity index is 1.91. The lowest BCUT2D eigenvalue weighted by molar-refractivity contribution is -0.383. The van der Waals surface area contributed by atoms with Gasteiger partial charge in [0, 0.05) is 11.8 Å². The van der Waals surface area contributed by atoms with Crippen LogP contribution in [0, 0.1) is 10.1 Å². The highest BCUT2D eigenvalue weighted by Gasteiger charge is 2.21. The van der Waals surface area contributed by atoms with Gasteiger partial charge in [-0.2, -0.15) is 0 Å². The van der Waals surface area contributed by atoms with Crippen LogP contribution < -0.4 is 16.4 Å². The molecule has 1 amide bonds. The maximum Gasteiger partial charge on any atom is 0.321 e. The van der Waals surface area contributed by atoms with Crippen LogP contribution in [0.5, 0.6) is 0 Å². The van der Waals surface area contributed by atoms with E-state index in [0.717, 1.165) is 11.6 Å². The highest BCUT2D eigenvalue weighted by atomic mass is 16.6. The first-order valence-electron chi connectivity index (χ1n) is 8.20. The summed E-state index contributed by atoms with van der Waals surface area (Å²) in [6.07, 6.45) is 0.304. The number of nitrogens with two attached hydrogens (primary N) is 1. The van der Waals surface area contributed by atoms with Gasteiger partial charge < -0.3 is 21.5 Å². The van der Waals surface area contributed by atoms with Crippen molar-refractivity contribution >= 4 is 28.9 Å². The van der Waals surface area contributed by atoms with Crippen molar-refractivity contribution in [1.29, 1.82) is 0 Å². The third kappa shape index (κ3) is 6.08. The van der Waals surface area contributed by atoms with Gasteiger partial charge in [-0.3, -0.25) is 19.7 Å². The number of nitro benzene ring substituents is 1. The number of anilines is 2. The van der Waals surface area contributed by atoms with E-state index >= 15 is 0 Å². The van der Waals surface area contributed by atoms with E-state index in [1.54, 1.807) is 0 Å². The Morgan fingerprint density at radius 3 is 2.52 bits per heavy atom. The number of nitro groups is 1. The summed E-state index contributed by atoms with van der Waals surface area (Å²) in [5.41, 5.74) is 6.37. The maximum atomic E-state index is 12.1. The second kappa shape index (κ2) is 9.30.